The molecule has 1 aromatic carbocycles. The van der Waals surface area contributed by atoms with Gasteiger partial charge in [-0.2, -0.15) is 11.8 Å². The summed E-state index contributed by atoms with van der Waals surface area (Å²) < 4.78 is 0. The second-order valence-corrected chi connectivity index (χ2v) is 7.03. The zero-order valence-corrected chi connectivity index (χ0v) is 15.4. The first-order valence-corrected chi connectivity index (χ1v) is 9.92. The molecule has 0 radical (unpaired) electrons. The summed E-state index contributed by atoms with van der Waals surface area (Å²) >= 11 is 1.95. The van der Waals surface area contributed by atoms with Crippen LogP contribution < -0.4 is 16.0 Å². The van der Waals surface area contributed by atoms with Gasteiger partial charge in [0.2, 0.25) is 0 Å². The summed E-state index contributed by atoms with van der Waals surface area (Å²) in [5.74, 6) is 0.792. The first kappa shape index (κ1) is 18.6. The molecule has 132 valence electrons. The molecule has 2 unspecified atom stereocenters. The fourth-order valence-corrected chi connectivity index (χ4v) is 3.62. The highest BCUT2D eigenvalue weighted by Gasteiger charge is 2.24. The molecule has 5 nitrogen and oxygen atoms in total. The number of aliphatic imine (C=N–C) groups is 1. The number of guanidine groups is 1. The predicted molar refractivity (Wildman–Crippen MR) is 103 cm³/mol. The maximum Gasteiger partial charge on any atom is 0.251 e. The Morgan fingerprint density at radius 3 is 2.71 bits per heavy atom. The second-order valence-electron chi connectivity index (χ2n) is 5.89. The van der Waals surface area contributed by atoms with Crippen LogP contribution in [0.15, 0.2) is 35.3 Å². The van der Waals surface area contributed by atoms with Crippen molar-refractivity contribution in [3.8, 4) is 0 Å². The van der Waals surface area contributed by atoms with Crippen molar-refractivity contribution in [1.82, 2.24) is 16.0 Å². The van der Waals surface area contributed by atoms with E-state index in [9.17, 15) is 4.79 Å². The van der Waals surface area contributed by atoms with Crippen LogP contribution in [0.1, 0.15) is 36.5 Å². The molecule has 2 atom stereocenters. The minimum Gasteiger partial charge on any atom is -0.357 e. The quantitative estimate of drug-likeness (QED) is 0.402. The van der Waals surface area contributed by atoms with E-state index in [2.05, 4.69) is 34.1 Å². The molecule has 1 fully saturated rings. The van der Waals surface area contributed by atoms with Gasteiger partial charge in [0.05, 0.1) is 6.54 Å². The zero-order chi connectivity index (χ0) is 17.2. The third-order valence-corrected chi connectivity index (χ3v) is 5.20. The van der Waals surface area contributed by atoms with Crippen LogP contribution in [-0.4, -0.2) is 49.0 Å². The number of nitrogens with zero attached hydrogens (tertiary/aromatic N) is 1. The van der Waals surface area contributed by atoms with Gasteiger partial charge in [-0.15, -0.1) is 0 Å². The fourth-order valence-electron chi connectivity index (χ4n) is 2.83. The van der Waals surface area contributed by atoms with Crippen molar-refractivity contribution < 1.29 is 4.79 Å². The van der Waals surface area contributed by atoms with Gasteiger partial charge in [-0.3, -0.25) is 9.79 Å². The summed E-state index contributed by atoms with van der Waals surface area (Å²) in [4.78, 5) is 16.5. The summed E-state index contributed by atoms with van der Waals surface area (Å²) in [6.07, 6.45) is 5.84. The monoisotopic (exact) mass is 348 g/mol. The largest absolute Gasteiger partial charge is 0.357 e. The van der Waals surface area contributed by atoms with E-state index in [0.717, 1.165) is 17.8 Å². The van der Waals surface area contributed by atoms with Crippen LogP contribution in [0.5, 0.6) is 0 Å². The standard InChI is InChI=1S/C18H28N4OS/c1-3-19-18(22-15-9-10-16(13-15)24-2)21-12-11-20-17(23)14-7-5-4-6-8-14/h4-8,15-16H,3,9-13H2,1-2H3,(H,20,23)(H2,19,21,22). The molecule has 0 aliphatic heterocycles. The van der Waals surface area contributed by atoms with Crippen LogP contribution in [0, 0.1) is 0 Å². The minimum atomic E-state index is -0.0534. The average molecular weight is 349 g/mol. The van der Waals surface area contributed by atoms with Gasteiger partial charge >= 0.3 is 0 Å². The zero-order valence-electron chi connectivity index (χ0n) is 14.5. The third-order valence-electron chi connectivity index (χ3n) is 4.11. The molecule has 3 N–H and O–H groups in total. The van der Waals surface area contributed by atoms with Crippen molar-refractivity contribution in [3.63, 3.8) is 0 Å². The van der Waals surface area contributed by atoms with Crippen molar-refractivity contribution in [2.75, 3.05) is 25.9 Å². The summed E-state index contributed by atoms with van der Waals surface area (Å²) in [6.45, 7) is 3.99. The number of nitrogens with one attached hydrogen (secondary N) is 3. The lowest BCUT2D eigenvalue weighted by atomic mass is 10.2. The lowest BCUT2D eigenvalue weighted by molar-refractivity contribution is 0.0955. The minimum absolute atomic E-state index is 0.0534. The molecule has 0 spiro atoms. The normalized spacial score (nSPS) is 20.7. The Labute approximate surface area is 149 Å². The van der Waals surface area contributed by atoms with Crippen molar-refractivity contribution in [3.05, 3.63) is 35.9 Å². The molecule has 1 aliphatic rings. The number of amides is 1. The smallest absolute Gasteiger partial charge is 0.251 e. The highest BCUT2D eigenvalue weighted by Crippen LogP contribution is 2.27. The molecule has 6 heteroatoms. The Hall–Kier alpha value is -1.69. The lowest BCUT2D eigenvalue weighted by Gasteiger charge is -2.17. The number of rotatable bonds is 7. The molecule has 1 aliphatic carbocycles. The van der Waals surface area contributed by atoms with E-state index in [1.165, 1.54) is 19.3 Å². The molecule has 24 heavy (non-hydrogen) atoms. The first-order valence-electron chi connectivity index (χ1n) is 8.63. The van der Waals surface area contributed by atoms with Crippen LogP contribution >= 0.6 is 11.8 Å². The molecule has 1 aromatic rings. The van der Waals surface area contributed by atoms with E-state index in [1.807, 2.05) is 42.1 Å². The van der Waals surface area contributed by atoms with Crippen LogP contribution in [0.4, 0.5) is 0 Å². The van der Waals surface area contributed by atoms with Crippen LogP contribution in [0.2, 0.25) is 0 Å². The molecule has 2 rings (SSSR count). The lowest BCUT2D eigenvalue weighted by Crippen LogP contribution is -2.43. The highest BCUT2D eigenvalue weighted by molar-refractivity contribution is 7.99. The van der Waals surface area contributed by atoms with Crippen molar-refractivity contribution in [1.29, 1.82) is 0 Å². The maximum atomic E-state index is 12.0. The van der Waals surface area contributed by atoms with Gasteiger partial charge < -0.3 is 16.0 Å². The molecular weight excluding hydrogens is 320 g/mol. The Bertz CT molecular complexity index is 535. The van der Waals surface area contributed by atoms with Crippen molar-refractivity contribution in [2.45, 2.75) is 37.5 Å². The van der Waals surface area contributed by atoms with Crippen molar-refractivity contribution >= 4 is 23.6 Å². The van der Waals surface area contributed by atoms with Gasteiger partial charge in [-0.05, 0) is 44.6 Å². The summed E-state index contributed by atoms with van der Waals surface area (Å²) in [7, 11) is 0. The Morgan fingerprint density at radius 1 is 1.25 bits per heavy atom. The topological polar surface area (TPSA) is 65.5 Å². The van der Waals surface area contributed by atoms with Gasteiger partial charge in [-0.1, -0.05) is 18.2 Å². The summed E-state index contributed by atoms with van der Waals surface area (Å²) in [6, 6.07) is 9.76. The Morgan fingerprint density at radius 2 is 2.04 bits per heavy atom. The van der Waals surface area contributed by atoms with Crippen molar-refractivity contribution in [2.24, 2.45) is 4.99 Å². The number of hydrogen-bond acceptors (Lipinski definition) is 3. The number of hydrogen-bond donors (Lipinski definition) is 3. The van der Waals surface area contributed by atoms with Crippen LogP contribution in [0.3, 0.4) is 0 Å². The molecule has 0 aromatic heterocycles. The van der Waals surface area contributed by atoms with Gasteiger partial charge in [0.1, 0.15) is 0 Å². The van der Waals surface area contributed by atoms with Gasteiger partial charge in [0.15, 0.2) is 5.96 Å². The van der Waals surface area contributed by atoms with E-state index in [4.69, 9.17) is 0 Å². The summed E-state index contributed by atoms with van der Waals surface area (Å²) in [5, 5.41) is 10.5. The molecule has 0 bridgehead atoms. The van der Waals surface area contributed by atoms with Gasteiger partial charge in [0, 0.05) is 29.9 Å². The Kier molecular flexibility index (Phi) is 7.95. The predicted octanol–water partition coefficient (Wildman–Crippen LogP) is 2.26. The van der Waals surface area contributed by atoms with E-state index < -0.39 is 0 Å². The average Bonchev–Trinajstić information content (AvgIpc) is 3.07. The van der Waals surface area contributed by atoms with E-state index in [-0.39, 0.29) is 5.91 Å². The van der Waals surface area contributed by atoms with E-state index >= 15 is 0 Å². The molecule has 1 amide bonds. The molecule has 0 saturated heterocycles. The van der Waals surface area contributed by atoms with Gasteiger partial charge in [-0.25, -0.2) is 0 Å². The number of benzene rings is 1. The highest BCUT2D eigenvalue weighted by atomic mass is 32.2. The van der Waals surface area contributed by atoms with Crippen LogP contribution in [0.25, 0.3) is 0 Å². The second kappa shape index (κ2) is 10.2. The molecular formula is C18H28N4OS. The first-order chi connectivity index (χ1) is 11.7. The van der Waals surface area contributed by atoms with Gasteiger partial charge in [0.25, 0.3) is 5.91 Å². The molecule has 0 heterocycles. The fraction of sp³-hybridized carbons (Fsp3) is 0.556. The number of thioether (sulfide) groups is 1. The van der Waals surface area contributed by atoms with E-state index in [1.54, 1.807) is 0 Å². The van der Waals surface area contributed by atoms with E-state index in [0.29, 0.717) is 24.7 Å². The Balaban J connectivity index is 1.75. The third kappa shape index (κ3) is 6.07. The maximum absolute atomic E-state index is 12.0. The summed E-state index contributed by atoms with van der Waals surface area (Å²) in [5.41, 5.74) is 0.681. The number of carbonyl (C=O) groups excluding carboxylic acids is 1. The molecule has 1 saturated carbocycles. The number of carbonyl (C=O) groups is 1. The SMILES string of the molecule is CCNC(=NCCNC(=O)c1ccccc1)NC1CCC(SC)C1. The van der Waals surface area contributed by atoms with Crippen LogP contribution in [-0.2, 0) is 0 Å².